The van der Waals surface area contributed by atoms with Crippen LogP contribution in [-0.4, -0.2) is 73.3 Å². The summed E-state index contributed by atoms with van der Waals surface area (Å²) >= 11 is 0. The lowest BCUT2D eigenvalue weighted by atomic mass is 9.94. The van der Waals surface area contributed by atoms with E-state index < -0.39 is 0 Å². The monoisotopic (exact) mass is 383 g/mol. The van der Waals surface area contributed by atoms with Gasteiger partial charge in [-0.2, -0.15) is 5.26 Å². The largest absolute Gasteiger partial charge is 0.378 e. The van der Waals surface area contributed by atoms with Crippen LogP contribution in [0, 0.1) is 11.3 Å². The van der Waals surface area contributed by atoms with Gasteiger partial charge in [0.25, 0.3) is 0 Å². The van der Waals surface area contributed by atoms with E-state index >= 15 is 0 Å². The lowest BCUT2D eigenvalue weighted by Crippen LogP contribution is -2.54. The standard InChI is InChI=1S/C21H29N5O2/c1-24(21(27)25-9-11-28-12-10-25)18-6-4-8-26(15-18)20-17(14-22)13-16-5-2-3-7-19(16)23-20/h13,18H,2-12,15H2,1H3. The van der Waals surface area contributed by atoms with E-state index in [1.165, 1.54) is 18.4 Å². The topological polar surface area (TPSA) is 72.7 Å². The Kier molecular flexibility index (Phi) is 5.67. The van der Waals surface area contributed by atoms with Gasteiger partial charge in [0, 0.05) is 38.9 Å². The highest BCUT2D eigenvalue weighted by Gasteiger charge is 2.31. The van der Waals surface area contributed by atoms with Crippen LogP contribution in [0.1, 0.15) is 42.5 Å². The highest BCUT2D eigenvalue weighted by Crippen LogP contribution is 2.29. The molecule has 0 bridgehead atoms. The number of carbonyl (C=O) groups excluding carboxylic acids is 1. The number of nitriles is 1. The summed E-state index contributed by atoms with van der Waals surface area (Å²) in [6, 6.07) is 4.61. The van der Waals surface area contributed by atoms with E-state index in [2.05, 4.69) is 11.0 Å². The van der Waals surface area contributed by atoms with Crippen LogP contribution >= 0.6 is 0 Å². The molecule has 7 heteroatoms. The number of hydrogen-bond donors (Lipinski definition) is 0. The fraction of sp³-hybridized carbons (Fsp3) is 0.667. The van der Waals surface area contributed by atoms with Gasteiger partial charge in [-0.3, -0.25) is 0 Å². The van der Waals surface area contributed by atoms with Crippen molar-refractivity contribution < 1.29 is 9.53 Å². The average molecular weight is 383 g/mol. The Labute approximate surface area is 166 Å². The van der Waals surface area contributed by atoms with Crippen LogP contribution in [0.15, 0.2) is 6.07 Å². The third-order valence-corrected chi connectivity index (χ3v) is 6.23. The number of rotatable bonds is 2. The third kappa shape index (κ3) is 3.79. The van der Waals surface area contributed by atoms with Crippen LogP contribution in [0.3, 0.4) is 0 Å². The van der Waals surface area contributed by atoms with E-state index in [4.69, 9.17) is 9.72 Å². The molecular weight excluding hydrogens is 354 g/mol. The summed E-state index contributed by atoms with van der Waals surface area (Å²) in [4.78, 5) is 23.7. The molecule has 2 saturated heterocycles. The highest BCUT2D eigenvalue weighted by atomic mass is 16.5. The van der Waals surface area contributed by atoms with Crippen molar-refractivity contribution in [1.82, 2.24) is 14.8 Å². The molecule has 0 aromatic carbocycles. The Balaban J connectivity index is 1.50. The van der Waals surface area contributed by atoms with E-state index in [-0.39, 0.29) is 12.1 Å². The zero-order chi connectivity index (χ0) is 19.5. The molecule has 1 atom stereocenters. The Morgan fingerprint density at radius 3 is 2.82 bits per heavy atom. The molecule has 3 heterocycles. The number of hydrogen-bond acceptors (Lipinski definition) is 5. The number of pyridine rings is 1. The van der Waals surface area contributed by atoms with Gasteiger partial charge in [-0.1, -0.05) is 0 Å². The highest BCUT2D eigenvalue weighted by molar-refractivity contribution is 5.74. The Hall–Kier alpha value is -2.33. The number of piperidine rings is 1. The van der Waals surface area contributed by atoms with E-state index in [0.29, 0.717) is 31.9 Å². The molecule has 1 aliphatic carbocycles. The van der Waals surface area contributed by atoms with Gasteiger partial charge >= 0.3 is 6.03 Å². The summed E-state index contributed by atoms with van der Waals surface area (Å²) in [6.07, 6.45) is 6.35. The molecule has 0 radical (unpaired) electrons. The summed E-state index contributed by atoms with van der Waals surface area (Å²) in [7, 11) is 1.90. The van der Waals surface area contributed by atoms with Gasteiger partial charge in [0.05, 0.1) is 24.8 Å². The number of likely N-dealkylation sites (N-methyl/N-ethyl adjacent to an activating group) is 1. The van der Waals surface area contributed by atoms with Crippen molar-refractivity contribution in [2.24, 2.45) is 0 Å². The predicted molar refractivity (Wildman–Crippen MR) is 106 cm³/mol. The van der Waals surface area contributed by atoms with Crippen LogP contribution in [0.2, 0.25) is 0 Å². The van der Waals surface area contributed by atoms with Crippen molar-refractivity contribution in [2.45, 2.75) is 44.6 Å². The normalized spacial score (nSPS) is 22.4. The number of anilines is 1. The first-order chi connectivity index (χ1) is 13.7. The second-order valence-electron chi connectivity index (χ2n) is 8.02. The zero-order valence-electron chi connectivity index (χ0n) is 16.7. The number of nitrogens with zero attached hydrogens (tertiary/aromatic N) is 5. The van der Waals surface area contributed by atoms with Crippen LogP contribution in [0.5, 0.6) is 0 Å². The number of morpholine rings is 1. The SMILES string of the molecule is CN(C(=O)N1CCOCC1)C1CCCN(c2nc3c(cc2C#N)CCCC3)C1. The molecule has 0 N–H and O–H groups in total. The van der Waals surface area contributed by atoms with Crippen LogP contribution in [0.25, 0.3) is 0 Å². The first-order valence-corrected chi connectivity index (χ1v) is 10.4. The fourth-order valence-corrected chi connectivity index (χ4v) is 4.54. The number of fused-ring (bicyclic) bond motifs is 1. The van der Waals surface area contributed by atoms with Crippen LogP contribution in [-0.2, 0) is 17.6 Å². The van der Waals surface area contributed by atoms with Crippen molar-refractivity contribution in [3.05, 3.63) is 22.9 Å². The first kappa shape index (κ1) is 19.0. The second-order valence-corrected chi connectivity index (χ2v) is 8.02. The molecule has 1 aromatic rings. The van der Waals surface area contributed by atoms with Crippen molar-refractivity contribution in [1.29, 1.82) is 5.26 Å². The molecule has 150 valence electrons. The van der Waals surface area contributed by atoms with Gasteiger partial charge in [0.2, 0.25) is 0 Å². The fourth-order valence-electron chi connectivity index (χ4n) is 4.54. The maximum atomic E-state index is 12.9. The predicted octanol–water partition coefficient (Wildman–Crippen LogP) is 2.18. The molecule has 3 aliphatic rings. The molecule has 2 amide bonds. The van der Waals surface area contributed by atoms with Gasteiger partial charge in [-0.05, 0) is 50.2 Å². The number of aryl methyl sites for hydroxylation is 2. The summed E-state index contributed by atoms with van der Waals surface area (Å²) in [5.74, 6) is 0.806. The van der Waals surface area contributed by atoms with Crippen molar-refractivity contribution in [3.8, 4) is 6.07 Å². The first-order valence-electron chi connectivity index (χ1n) is 10.4. The molecule has 0 saturated carbocycles. The quantitative estimate of drug-likeness (QED) is 0.783. The van der Waals surface area contributed by atoms with Gasteiger partial charge < -0.3 is 19.4 Å². The molecule has 1 aromatic heterocycles. The van der Waals surface area contributed by atoms with Gasteiger partial charge in [-0.15, -0.1) is 0 Å². The van der Waals surface area contributed by atoms with E-state index in [9.17, 15) is 10.1 Å². The third-order valence-electron chi connectivity index (χ3n) is 6.23. The molecule has 2 aliphatic heterocycles. The van der Waals surface area contributed by atoms with E-state index in [0.717, 1.165) is 50.3 Å². The van der Waals surface area contributed by atoms with E-state index in [1.807, 2.05) is 22.9 Å². The lowest BCUT2D eigenvalue weighted by molar-refractivity contribution is 0.0414. The summed E-state index contributed by atoms with van der Waals surface area (Å²) in [5.41, 5.74) is 3.06. The van der Waals surface area contributed by atoms with E-state index in [1.54, 1.807) is 0 Å². The summed E-state index contributed by atoms with van der Waals surface area (Å²) in [6.45, 7) is 4.15. The lowest BCUT2D eigenvalue weighted by Gasteiger charge is -2.41. The molecule has 4 rings (SSSR count). The Morgan fingerprint density at radius 2 is 2.04 bits per heavy atom. The number of aromatic nitrogens is 1. The minimum atomic E-state index is 0.0778. The molecular formula is C21H29N5O2. The molecule has 2 fully saturated rings. The number of ether oxygens (including phenoxy) is 1. The van der Waals surface area contributed by atoms with Gasteiger partial charge in [0.15, 0.2) is 0 Å². The maximum Gasteiger partial charge on any atom is 0.320 e. The van der Waals surface area contributed by atoms with Crippen molar-refractivity contribution >= 4 is 11.8 Å². The minimum Gasteiger partial charge on any atom is -0.378 e. The second kappa shape index (κ2) is 8.36. The van der Waals surface area contributed by atoms with Crippen molar-refractivity contribution in [2.75, 3.05) is 51.3 Å². The minimum absolute atomic E-state index is 0.0778. The Morgan fingerprint density at radius 1 is 1.25 bits per heavy atom. The summed E-state index contributed by atoms with van der Waals surface area (Å²) in [5, 5.41) is 9.68. The molecule has 0 spiro atoms. The zero-order valence-corrected chi connectivity index (χ0v) is 16.7. The average Bonchev–Trinajstić information content (AvgIpc) is 2.77. The number of amides is 2. The van der Waals surface area contributed by atoms with Gasteiger partial charge in [-0.25, -0.2) is 9.78 Å². The molecule has 28 heavy (non-hydrogen) atoms. The van der Waals surface area contributed by atoms with Crippen molar-refractivity contribution in [3.63, 3.8) is 0 Å². The smallest absolute Gasteiger partial charge is 0.320 e. The molecule has 1 unspecified atom stereocenters. The maximum absolute atomic E-state index is 12.9. The van der Waals surface area contributed by atoms with Gasteiger partial charge in [0.1, 0.15) is 11.9 Å². The summed E-state index contributed by atoms with van der Waals surface area (Å²) < 4.78 is 5.36. The molecule has 7 nitrogen and oxygen atoms in total. The van der Waals surface area contributed by atoms with Crippen LogP contribution < -0.4 is 4.90 Å². The van der Waals surface area contributed by atoms with Crippen LogP contribution in [0.4, 0.5) is 10.6 Å². The number of urea groups is 1. The Bertz CT molecular complexity index is 769. The number of carbonyl (C=O) groups is 1.